The average Bonchev–Trinajstić information content (AvgIpc) is 3.24. The monoisotopic (exact) mass is 490 g/mol. The van der Waals surface area contributed by atoms with E-state index in [-0.39, 0.29) is 30.4 Å². The highest BCUT2D eigenvalue weighted by molar-refractivity contribution is 5.70. The fourth-order valence-corrected chi connectivity index (χ4v) is 3.64. The lowest BCUT2D eigenvalue weighted by Crippen LogP contribution is -2.40. The van der Waals surface area contributed by atoms with Crippen molar-refractivity contribution in [2.45, 2.75) is 51.9 Å². The summed E-state index contributed by atoms with van der Waals surface area (Å²) in [6.45, 7) is 6.32. The van der Waals surface area contributed by atoms with E-state index >= 15 is 0 Å². The molecule has 0 aliphatic carbocycles. The van der Waals surface area contributed by atoms with Crippen molar-refractivity contribution in [1.82, 2.24) is 20.3 Å². The average molecular weight is 490 g/mol. The van der Waals surface area contributed by atoms with Crippen LogP contribution in [0, 0.1) is 12.7 Å². The summed E-state index contributed by atoms with van der Waals surface area (Å²) in [6.07, 6.45) is 0.822. The third-order valence-corrected chi connectivity index (χ3v) is 5.44. The third kappa shape index (κ3) is 6.27. The summed E-state index contributed by atoms with van der Waals surface area (Å²) < 4.78 is 36.2. The fraction of sp³-hybridized carbons (Fsp3) is 0.478. The molecule has 0 radical (unpaired) electrons. The van der Waals surface area contributed by atoms with Crippen LogP contribution in [-0.2, 0) is 14.3 Å². The third-order valence-electron chi connectivity index (χ3n) is 5.44. The zero-order valence-electron chi connectivity index (χ0n) is 19.7. The van der Waals surface area contributed by atoms with Gasteiger partial charge < -0.3 is 29.1 Å². The summed E-state index contributed by atoms with van der Waals surface area (Å²) in [4.78, 5) is 36.3. The number of carbonyl (C=O) groups excluding carboxylic acids is 2. The normalized spacial score (nSPS) is 18.7. The quantitative estimate of drug-likeness (QED) is 0.573. The van der Waals surface area contributed by atoms with Crippen LogP contribution in [0.4, 0.5) is 14.0 Å². The zero-order chi connectivity index (χ0) is 24.9. The molecule has 0 spiro atoms. The topological polar surface area (TPSA) is 121 Å². The number of alkyl carbamates (subject to hydrolysis) is 1. The SMILES string of the molecule is Cc1c(Oc2ccc([C@@H]3COC(=O)N3)cc2F)ncnc1OC1CCN(OC(=O)OC(C)C)CC1. The Morgan fingerprint density at radius 2 is 1.97 bits per heavy atom. The minimum atomic E-state index is -0.727. The molecule has 2 saturated heterocycles. The van der Waals surface area contributed by atoms with Crippen LogP contribution in [0.5, 0.6) is 17.5 Å². The van der Waals surface area contributed by atoms with Crippen LogP contribution in [0.25, 0.3) is 0 Å². The predicted molar refractivity (Wildman–Crippen MR) is 118 cm³/mol. The lowest BCUT2D eigenvalue weighted by atomic mass is 10.1. The van der Waals surface area contributed by atoms with Gasteiger partial charge in [-0.05, 0) is 38.5 Å². The lowest BCUT2D eigenvalue weighted by molar-refractivity contribution is -0.151. The number of aromatic nitrogens is 2. The van der Waals surface area contributed by atoms with Gasteiger partial charge in [-0.1, -0.05) is 6.07 Å². The van der Waals surface area contributed by atoms with Crippen molar-refractivity contribution in [3.8, 4) is 17.5 Å². The lowest BCUT2D eigenvalue weighted by Gasteiger charge is -2.30. The molecule has 3 heterocycles. The second kappa shape index (κ2) is 10.7. The van der Waals surface area contributed by atoms with Gasteiger partial charge in [-0.25, -0.2) is 23.9 Å². The first kappa shape index (κ1) is 24.5. The number of hydrogen-bond donors (Lipinski definition) is 1. The Hall–Kier alpha value is -3.67. The number of rotatable bonds is 7. The molecule has 4 rings (SSSR count). The van der Waals surface area contributed by atoms with E-state index in [0.717, 1.165) is 0 Å². The summed E-state index contributed by atoms with van der Waals surface area (Å²) >= 11 is 0. The second-order valence-corrected chi connectivity index (χ2v) is 8.45. The van der Waals surface area contributed by atoms with Gasteiger partial charge in [-0.3, -0.25) is 0 Å². The molecular formula is C23H27FN4O7. The van der Waals surface area contributed by atoms with Crippen molar-refractivity contribution >= 4 is 12.2 Å². The molecule has 0 unspecified atom stereocenters. The molecule has 1 aromatic heterocycles. The summed E-state index contributed by atoms with van der Waals surface area (Å²) in [5.74, 6) is -0.134. The molecule has 0 bridgehead atoms. The van der Waals surface area contributed by atoms with Gasteiger partial charge in [-0.2, -0.15) is 0 Å². The standard InChI is InChI=1S/C23H27FN4O7/c1-13(2)32-23(30)35-28-8-6-16(7-9-28)33-20-14(3)21(26-12-25-20)34-19-5-4-15(10-17(19)24)18-11-31-22(29)27-18/h4-5,10,12-13,16,18H,6-9,11H2,1-3H3,(H,27,29)/t18-/m0/s1. The van der Waals surface area contributed by atoms with E-state index in [0.29, 0.717) is 42.9 Å². The van der Waals surface area contributed by atoms with E-state index in [4.69, 9.17) is 23.8 Å². The maximum atomic E-state index is 14.7. The van der Waals surface area contributed by atoms with Crippen molar-refractivity contribution in [2.24, 2.45) is 0 Å². The molecule has 35 heavy (non-hydrogen) atoms. The van der Waals surface area contributed by atoms with E-state index in [9.17, 15) is 14.0 Å². The van der Waals surface area contributed by atoms with E-state index in [2.05, 4.69) is 15.3 Å². The highest BCUT2D eigenvalue weighted by Gasteiger charge is 2.27. The van der Waals surface area contributed by atoms with Gasteiger partial charge in [0.1, 0.15) is 19.0 Å². The molecule has 2 aliphatic heterocycles. The van der Waals surface area contributed by atoms with Crippen molar-refractivity contribution in [3.63, 3.8) is 0 Å². The van der Waals surface area contributed by atoms with E-state index in [1.165, 1.54) is 18.5 Å². The molecule has 1 N–H and O–H groups in total. The molecule has 2 aromatic rings. The number of nitrogens with one attached hydrogen (secondary N) is 1. The van der Waals surface area contributed by atoms with Gasteiger partial charge in [0.15, 0.2) is 11.6 Å². The summed E-state index contributed by atoms with van der Waals surface area (Å²) in [7, 11) is 0. The maximum absolute atomic E-state index is 14.7. The Kier molecular flexibility index (Phi) is 7.49. The molecule has 12 heteroatoms. The number of carbonyl (C=O) groups is 2. The van der Waals surface area contributed by atoms with Crippen molar-refractivity contribution in [1.29, 1.82) is 0 Å². The van der Waals surface area contributed by atoms with Crippen LogP contribution in [-0.4, -0.2) is 59.2 Å². The van der Waals surface area contributed by atoms with Crippen LogP contribution in [0.15, 0.2) is 24.5 Å². The maximum Gasteiger partial charge on any atom is 0.528 e. The van der Waals surface area contributed by atoms with Gasteiger partial charge >= 0.3 is 12.2 Å². The van der Waals surface area contributed by atoms with Crippen molar-refractivity contribution in [3.05, 3.63) is 41.5 Å². The van der Waals surface area contributed by atoms with Gasteiger partial charge in [-0.15, -0.1) is 5.06 Å². The molecular weight excluding hydrogens is 463 g/mol. The number of hydroxylamine groups is 2. The smallest absolute Gasteiger partial charge is 0.474 e. The molecule has 2 aliphatic rings. The Morgan fingerprint density at radius 3 is 2.63 bits per heavy atom. The molecule has 1 atom stereocenters. The highest BCUT2D eigenvalue weighted by Crippen LogP contribution is 2.32. The number of piperidine rings is 1. The molecule has 1 amide bonds. The van der Waals surface area contributed by atoms with E-state index in [1.54, 1.807) is 31.9 Å². The first-order valence-corrected chi connectivity index (χ1v) is 11.3. The minimum absolute atomic E-state index is 0.0227. The molecule has 188 valence electrons. The van der Waals surface area contributed by atoms with Crippen LogP contribution >= 0.6 is 0 Å². The number of amides is 1. The van der Waals surface area contributed by atoms with Gasteiger partial charge in [0.2, 0.25) is 11.8 Å². The highest BCUT2D eigenvalue weighted by atomic mass is 19.1. The number of hydrogen-bond acceptors (Lipinski definition) is 10. The molecule has 2 fully saturated rings. The number of cyclic esters (lactones) is 1. The predicted octanol–water partition coefficient (Wildman–Crippen LogP) is 3.82. The Balaban J connectivity index is 1.35. The van der Waals surface area contributed by atoms with E-state index < -0.39 is 24.1 Å². The van der Waals surface area contributed by atoms with Gasteiger partial charge in [0.25, 0.3) is 0 Å². The zero-order valence-corrected chi connectivity index (χ0v) is 19.7. The van der Waals surface area contributed by atoms with Crippen LogP contribution in [0.3, 0.4) is 0 Å². The van der Waals surface area contributed by atoms with Crippen LogP contribution in [0.1, 0.15) is 43.9 Å². The number of ether oxygens (including phenoxy) is 4. The van der Waals surface area contributed by atoms with Gasteiger partial charge in [0, 0.05) is 25.9 Å². The molecule has 0 saturated carbocycles. The minimum Gasteiger partial charge on any atom is -0.474 e. The number of nitrogens with zero attached hydrogens (tertiary/aromatic N) is 3. The first-order chi connectivity index (χ1) is 16.8. The van der Waals surface area contributed by atoms with Gasteiger partial charge in [0.05, 0.1) is 17.7 Å². The number of halogens is 1. The largest absolute Gasteiger partial charge is 0.528 e. The van der Waals surface area contributed by atoms with E-state index in [1.807, 2.05) is 0 Å². The van der Waals surface area contributed by atoms with Crippen molar-refractivity contribution in [2.75, 3.05) is 19.7 Å². The second-order valence-electron chi connectivity index (χ2n) is 8.45. The Bertz CT molecular complexity index is 1080. The first-order valence-electron chi connectivity index (χ1n) is 11.3. The molecule has 11 nitrogen and oxygen atoms in total. The Labute approximate surface area is 201 Å². The molecule has 1 aromatic carbocycles. The summed E-state index contributed by atoms with van der Waals surface area (Å²) in [6, 6.07) is 4.00. The number of benzene rings is 1. The Morgan fingerprint density at radius 1 is 1.23 bits per heavy atom. The van der Waals surface area contributed by atoms with Crippen LogP contribution < -0.4 is 14.8 Å². The fourth-order valence-electron chi connectivity index (χ4n) is 3.64. The van der Waals surface area contributed by atoms with Crippen LogP contribution in [0.2, 0.25) is 0 Å². The van der Waals surface area contributed by atoms with Crippen molar-refractivity contribution < 1.29 is 37.8 Å². The summed E-state index contributed by atoms with van der Waals surface area (Å²) in [5, 5.41) is 4.14. The summed E-state index contributed by atoms with van der Waals surface area (Å²) in [5.41, 5.74) is 1.09.